The monoisotopic (exact) mass is 448 g/mol. The van der Waals surface area contributed by atoms with Crippen LogP contribution in [0.3, 0.4) is 0 Å². The predicted molar refractivity (Wildman–Crippen MR) is 103 cm³/mol. The molecular formula is C17H13IN4OS. The Morgan fingerprint density at radius 1 is 1.12 bits per heavy atom. The number of nitrogens with zero attached hydrogens (tertiary/aromatic N) is 3. The number of benzene rings is 2. The fraction of sp³-hybridized carbons (Fsp3) is 0.118. The molecule has 0 unspecified atom stereocenters. The zero-order valence-electron chi connectivity index (χ0n) is 12.7. The summed E-state index contributed by atoms with van der Waals surface area (Å²) in [6.07, 6.45) is 1.58. The summed E-state index contributed by atoms with van der Waals surface area (Å²) in [6.45, 7) is 0. The number of thioether (sulfide) groups is 1. The number of hydrogen-bond donors (Lipinski definition) is 1. The second kappa shape index (κ2) is 6.56. The maximum Gasteiger partial charge on any atom is 0.247 e. The Labute approximate surface area is 157 Å². The summed E-state index contributed by atoms with van der Waals surface area (Å²) < 4.78 is 7.33. The molecule has 0 bridgehead atoms. The number of rotatable bonds is 2. The van der Waals surface area contributed by atoms with Crippen molar-refractivity contribution in [2.75, 3.05) is 11.6 Å². The molecule has 2 aromatic carbocycles. The van der Waals surface area contributed by atoms with Gasteiger partial charge in [-0.25, -0.2) is 0 Å². The van der Waals surface area contributed by atoms with Gasteiger partial charge in [-0.15, -0.1) is 10.2 Å². The highest BCUT2D eigenvalue weighted by Crippen LogP contribution is 2.39. The minimum atomic E-state index is -0.339. The fourth-order valence-corrected chi connectivity index (χ4v) is 3.42. The average molecular weight is 448 g/mol. The van der Waals surface area contributed by atoms with Crippen molar-refractivity contribution in [2.45, 2.75) is 11.4 Å². The normalized spacial score (nSPS) is 15.5. The Bertz CT molecular complexity index is 905. The van der Waals surface area contributed by atoms with Crippen molar-refractivity contribution in [1.82, 2.24) is 15.2 Å². The number of hydrogen-bond acceptors (Lipinski definition) is 6. The minimum Gasteiger partial charge on any atom is -0.448 e. The van der Waals surface area contributed by atoms with E-state index in [2.05, 4.69) is 55.2 Å². The molecule has 120 valence electrons. The molecule has 0 spiro atoms. The van der Waals surface area contributed by atoms with Gasteiger partial charge in [0.05, 0.1) is 0 Å². The zero-order chi connectivity index (χ0) is 16.5. The van der Waals surface area contributed by atoms with Crippen LogP contribution in [0.2, 0.25) is 0 Å². The van der Waals surface area contributed by atoms with Crippen molar-refractivity contribution in [3.05, 3.63) is 57.7 Å². The SMILES string of the molecule is CSc1nnc2c(n1)O[C@@H](c1cccc(I)c1)Nc1ccccc1-2. The summed E-state index contributed by atoms with van der Waals surface area (Å²) in [7, 11) is 0. The molecule has 5 nitrogen and oxygen atoms in total. The number of halogens is 1. The van der Waals surface area contributed by atoms with Crippen LogP contribution in [0.1, 0.15) is 11.8 Å². The van der Waals surface area contributed by atoms with Gasteiger partial charge in [-0.1, -0.05) is 42.1 Å². The number of nitrogens with one attached hydrogen (secondary N) is 1. The quantitative estimate of drug-likeness (QED) is 0.464. The number of ether oxygens (including phenoxy) is 1. The zero-order valence-corrected chi connectivity index (χ0v) is 15.7. The summed E-state index contributed by atoms with van der Waals surface area (Å²) in [5, 5.41) is 12.5. The molecule has 0 fully saturated rings. The first-order chi connectivity index (χ1) is 11.7. The maximum absolute atomic E-state index is 6.18. The molecule has 1 aromatic heterocycles. The third-order valence-electron chi connectivity index (χ3n) is 3.67. The summed E-state index contributed by atoms with van der Waals surface area (Å²) in [5.74, 6) is 0.496. The lowest BCUT2D eigenvalue weighted by atomic mass is 10.1. The first-order valence-corrected chi connectivity index (χ1v) is 9.62. The second-order valence-corrected chi connectivity index (χ2v) is 7.21. The van der Waals surface area contributed by atoms with E-state index >= 15 is 0 Å². The van der Waals surface area contributed by atoms with Gasteiger partial charge in [0.1, 0.15) is 0 Å². The highest BCUT2D eigenvalue weighted by molar-refractivity contribution is 14.1. The van der Waals surface area contributed by atoms with Gasteiger partial charge in [0.25, 0.3) is 0 Å². The van der Waals surface area contributed by atoms with Gasteiger partial charge >= 0.3 is 0 Å². The van der Waals surface area contributed by atoms with E-state index in [0.29, 0.717) is 16.7 Å². The number of aromatic nitrogens is 3. The van der Waals surface area contributed by atoms with E-state index < -0.39 is 0 Å². The van der Waals surface area contributed by atoms with E-state index in [-0.39, 0.29) is 6.23 Å². The van der Waals surface area contributed by atoms with Crippen molar-refractivity contribution >= 4 is 40.0 Å². The highest BCUT2D eigenvalue weighted by atomic mass is 127. The Kier molecular flexibility index (Phi) is 4.28. The molecule has 1 N–H and O–H groups in total. The topological polar surface area (TPSA) is 59.9 Å². The molecule has 7 heteroatoms. The molecule has 0 radical (unpaired) electrons. The van der Waals surface area contributed by atoms with Crippen LogP contribution < -0.4 is 10.1 Å². The lowest BCUT2D eigenvalue weighted by Crippen LogP contribution is -2.17. The lowest BCUT2D eigenvalue weighted by Gasteiger charge is -2.19. The third kappa shape index (κ3) is 2.93. The molecule has 1 atom stereocenters. The molecule has 0 aliphatic carbocycles. The van der Waals surface area contributed by atoms with Crippen LogP contribution in [-0.2, 0) is 0 Å². The van der Waals surface area contributed by atoms with Crippen LogP contribution in [0.15, 0.2) is 53.7 Å². The summed E-state index contributed by atoms with van der Waals surface area (Å²) >= 11 is 3.74. The number of fused-ring (bicyclic) bond motifs is 3. The van der Waals surface area contributed by atoms with Crippen molar-refractivity contribution in [2.24, 2.45) is 0 Å². The van der Waals surface area contributed by atoms with Crippen molar-refractivity contribution < 1.29 is 4.74 Å². The van der Waals surface area contributed by atoms with Crippen LogP contribution in [0, 0.1) is 3.57 Å². The molecule has 0 saturated carbocycles. The van der Waals surface area contributed by atoms with Crippen LogP contribution in [0.25, 0.3) is 11.3 Å². The Balaban J connectivity index is 1.87. The maximum atomic E-state index is 6.18. The van der Waals surface area contributed by atoms with E-state index in [1.165, 1.54) is 11.8 Å². The van der Waals surface area contributed by atoms with Crippen LogP contribution >= 0.6 is 34.4 Å². The molecule has 24 heavy (non-hydrogen) atoms. The second-order valence-electron chi connectivity index (χ2n) is 5.20. The van der Waals surface area contributed by atoms with Crippen LogP contribution in [0.4, 0.5) is 5.69 Å². The van der Waals surface area contributed by atoms with Crippen LogP contribution in [0.5, 0.6) is 5.88 Å². The lowest BCUT2D eigenvalue weighted by molar-refractivity contribution is 0.225. The average Bonchev–Trinajstić information content (AvgIpc) is 2.78. The first kappa shape index (κ1) is 15.6. The van der Waals surface area contributed by atoms with Gasteiger partial charge in [0.15, 0.2) is 11.9 Å². The van der Waals surface area contributed by atoms with Gasteiger partial charge in [0.2, 0.25) is 11.0 Å². The molecule has 3 aromatic rings. The van der Waals surface area contributed by atoms with Gasteiger partial charge in [-0.3, -0.25) is 0 Å². The summed E-state index contributed by atoms with van der Waals surface area (Å²) in [6, 6.07) is 16.2. The van der Waals surface area contributed by atoms with Gasteiger partial charge in [-0.05, 0) is 47.0 Å². The van der Waals surface area contributed by atoms with E-state index in [9.17, 15) is 0 Å². The molecule has 1 aliphatic heterocycles. The van der Waals surface area contributed by atoms with Crippen LogP contribution in [-0.4, -0.2) is 21.4 Å². The Hall–Kier alpha value is -1.87. The third-order valence-corrected chi connectivity index (χ3v) is 4.88. The van der Waals surface area contributed by atoms with Crippen molar-refractivity contribution in [3.8, 4) is 17.1 Å². The van der Waals surface area contributed by atoms with Crippen molar-refractivity contribution in [1.29, 1.82) is 0 Å². The molecule has 2 heterocycles. The van der Waals surface area contributed by atoms with Gasteiger partial charge in [0, 0.05) is 20.4 Å². The standard InChI is InChI=1S/C17H13IN4OS/c1-24-17-20-16-14(21-22-17)12-7-2-3-8-13(12)19-15(23-16)10-5-4-6-11(18)9-10/h2-9,15,19H,1H3/t15-/m0/s1. The highest BCUT2D eigenvalue weighted by Gasteiger charge is 2.25. The number of anilines is 1. The van der Waals surface area contributed by atoms with Gasteiger partial charge < -0.3 is 10.1 Å². The summed E-state index contributed by atoms with van der Waals surface area (Å²) in [4.78, 5) is 4.51. The molecule has 4 rings (SSSR count). The molecule has 1 aliphatic rings. The fourth-order valence-electron chi connectivity index (χ4n) is 2.55. The Morgan fingerprint density at radius 3 is 2.83 bits per heavy atom. The minimum absolute atomic E-state index is 0.339. The predicted octanol–water partition coefficient (Wildman–Crippen LogP) is 4.37. The van der Waals surface area contributed by atoms with Gasteiger partial charge in [-0.2, -0.15) is 4.98 Å². The largest absolute Gasteiger partial charge is 0.448 e. The molecular weight excluding hydrogens is 435 g/mol. The van der Waals surface area contributed by atoms with Crippen molar-refractivity contribution in [3.63, 3.8) is 0 Å². The summed E-state index contributed by atoms with van der Waals surface area (Å²) in [5.41, 5.74) is 3.58. The van der Waals surface area contributed by atoms with E-state index in [1.54, 1.807) is 0 Å². The smallest absolute Gasteiger partial charge is 0.247 e. The van der Waals surface area contributed by atoms with E-state index in [0.717, 1.165) is 20.4 Å². The first-order valence-electron chi connectivity index (χ1n) is 7.31. The van der Waals surface area contributed by atoms with E-state index in [4.69, 9.17) is 4.74 Å². The van der Waals surface area contributed by atoms with E-state index in [1.807, 2.05) is 42.7 Å². The Morgan fingerprint density at radius 2 is 2.00 bits per heavy atom. The molecule has 0 saturated heterocycles. The molecule has 0 amide bonds. The number of para-hydroxylation sites is 1.